The van der Waals surface area contributed by atoms with E-state index in [4.69, 9.17) is 0 Å². The second-order valence-corrected chi connectivity index (χ2v) is 8.94. The standard InChI is InChI=1S/C12H20N2O2S2/c15-18(16)7-4-10(8-18)13-11-14-12(9-17-11)5-2-1-3-6-12/h10H,1-9H2,(H,13,14). The number of thioether (sulfide) groups is 1. The van der Waals surface area contributed by atoms with Gasteiger partial charge in [-0.1, -0.05) is 31.0 Å². The van der Waals surface area contributed by atoms with Crippen LogP contribution < -0.4 is 5.32 Å². The highest BCUT2D eigenvalue weighted by atomic mass is 32.2. The predicted octanol–water partition coefficient (Wildman–Crippen LogP) is 1.57. The van der Waals surface area contributed by atoms with E-state index in [1.807, 2.05) is 0 Å². The number of sulfone groups is 1. The number of hydrogen-bond donors (Lipinski definition) is 1. The fraction of sp³-hybridized carbons (Fsp3) is 0.917. The van der Waals surface area contributed by atoms with E-state index in [2.05, 4.69) is 10.3 Å². The molecule has 4 nitrogen and oxygen atoms in total. The highest BCUT2D eigenvalue weighted by molar-refractivity contribution is 8.14. The zero-order chi connectivity index (χ0) is 12.6. The Bertz CT molecular complexity index is 453. The Hall–Kier alpha value is -0.230. The second-order valence-electron chi connectivity index (χ2n) is 5.75. The minimum absolute atomic E-state index is 0.0104. The van der Waals surface area contributed by atoms with Crippen molar-refractivity contribution < 1.29 is 8.42 Å². The van der Waals surface area contributed by atoms with Crippen molar-refractivity contribution in [2.75, 3.05) is 17.3 Å². The third-order valence-electron chi connectivity index (χ3n) is 4.18. The molecule has 1 unspecified atom stereocenters. The molecular formula is C12H20N2O2S2. The van der Waals surface area contributed by atoms with Gasteiger partial charge in [0.25, 0.3) is 0 Å². The minimum Gasteiger partial charge on any atom is -0.359 e. The maximum Gasteiger partial charge on any atom is 0.157 e. The summed E-state index contributed by atoms with van der Waals surface area (Å²) in [5.41, 5.74) is 0.263. The quantitative estimate of drug-likeness (QED) is 0.795. The first kappa shape index (κ1) is 12.8. The number of aliphatic imine (C=N–C) groups is 1. The number of nitrogens with zero attached hydrogens (tertiary/aromatic N) is 1. The molecule has 1 aliphatic carbocycles. The van der Waals surface area contributed by atoms with Crippen LogP contribution >= 0.6 is 11.8 Å². The van der Waals surface area contributed by atoms with E-state index in [1.165, 1.54) is 32.1 Å². The maximum atomic E-state index is 11.4. The zero-order valence-corrected chi connectivity index (χ0v) is 12.2. The molecule has 102 valence electrons. The van der Waals surface area contributed by atoms with Gasteiger partial charge < -0.3 is 5.32 Å². The monoisotopic (exact) mass is 288 g/mol. The number of nitrogens with one attached hydrogen (secondary N) is 1. The topological polar surface area (TPSA) is 58.5 Å². The molecule has 3 fully saturated rings. The Morgan fingerprint density at radius 3 is 2.72 bits per heavy atom. The molecule has 2 saturated heterocycles. The van der Waals surface area contributed by atoms with Crippen molar-refractivity contribution in [3.8, 4) is 0 Å². The zero-order valence-electron chi connectivity index (χ0n) is 10.5. The molecular weight excluding hydrogens is 268 g/mol. The van der Waals surface area contributed by atoms with Gasteiger partial charge in [0.05, 0.1) is 17.5 Å². The molecule has 0 aromatic carbocycles. The van der Waals surface area contributed by atoms with Crippen LogP contribution in [0.2, 0.25) is 0 Å². The molecule has 3 rings (SSSR count). The average Bonchev–Trinajstić information content (AvgIpc) is 2.85. The summed E-state index contributed by atoms with van der Waals surface area (Å²) in [4.78, 5) is 4.61. The van der Waals surface area contributed by atoms with Gasteiger partial charge in [0, 0.05) is 11.3 Å². The molecule has 1 atom stereocenters. The van der Waals surface area contributed by atoms with Crippen molar-refractivity contribution in [1.29, 1.82) is 0 Å². The molecule has 2 aliphatic heterocycles. The lowest BCUT2D eigenvalue weighted by Crippen LogP contribution is -2.45. The normalized spacial score (nSPS) is 36.0. The van der Waals surface area contributed by atoms with Crippen LogP contribution in [0.1, 0.15) is 38.5 Å². The van der Waals surface area contributed by atoms with Crippen LogP contribution in [-0.2, 0) is 9.84 Å². The predicted molar refractivity (Wildman–Crippen MR) is 75.9 cm³/mol. The van der Waals surface area contributed by atoms with Crippen molar-refractivity contribution in [1.82, 2.24) is 5.32 Å². The number of rotatable bonds is 1. The third-order valence-corrected chi connectivity index (χ3v) is 7.10. The summed E-state index contributed by atoms with van der Waals surface area (Å²) < 4.78 is 22.8. The fourth-order valence-corrected chi connectivity index (χ4v) is 6.03. The van der Waals surface area contributed by atoms with Crippen LogP contribution in [0.3, 0.4) is 0 Å². The van der Waals surface area contributed by atoms with E-state index in [9.17, 15) is 8.42 Å². The Kier molecular flexibility index (Phi) is 3.34. The molecule has 0 bridgehead atoms. The first-order valence-electron chi connectivity index (χ1n) is 6.76. The van der Waals surface area contributed by atoms with Gasteiger partial charge in [-0.2, -0.15) is 0 Å². The Balaban J connectivity index is 1.65. The van der Waals surface area contributed by atoms with Crippen molar-refractivity contribution in [3.05, 3.63) is 0 Å². The van der Waals surface area contributed by atoms with Crippen LogP contribution in [0.4, 0.5) is 0 Å². The molecule has 0 aromatic rings. The second kappa shape index (κ2) is 4.71. The molecule has 1 saturated carbocycles. The highest BCUT2D eigenvalue weighted by Gasteiger charge is 2.38. The van der Waals surface area contributed by atoms with Gasteiger partial charge >= 0.3 is 0 Å². The van der Waals surface area contributed by atoms with Crippen LogP contribution in [0.15, 0.2) is 4.99 Å². The van der Waals surface area contributed by atoms with Crippen LogP contribution in [-0.4, -0.2) is 42.4 Å². The molecule has 18 heavy (non-hydrogen) atoms. The smallest absolute Gasteiger partial charge is 0.157 e. The van der Waals surface area contributed by atoms with E-state index in [1.54, 1.807) is 11.8 Å². The molecule has 0 aromatic heterocycles. The summed E-state index contributed by atoms with van der Waals surface area (Å²) in [7, 11) is -2.81. The number of hydrogen-bond acceptors (Lipinski definition) is 4. The number of amidine groups is 1. The van der Waals surface area contributed by atoms with Gasteiger partial charge in [-0.15, -0.1) is 0 Å². The van der Waals surface area contributed by atoms with E-state index in [0.717, 1.165) is 10.9 Å². The minimum atomic E-state index is -2.81. The Morgan fingerprint density at radius 1 is 1.28 bits per heavy atom. The molecule has 0 amide bonds. The summed E-state index contributed by atoms with van der Waals surface area (Å²) in [6.07, 6.45) is 7.13. The summed E-state index contributed by atoms with van der Waals surface area (Å²) >= 11 is 1.78. The third kappa shape index (κ3) is 2.69. The van der Waals surface area contributed by atoms with E-state index < -0.39 is 9.84 Å². The van der Waals surface area contributed by atoms with Gasteiger partial charge in [-0.05, 0) is 19.3 Å². The van der Waals surface area contributed by atoms with Gasteiger partial charge in [-0.3, -0.25) is 4.99 Å². The van der Waals surface area contributed by atoms with Gasteiger partial charge in [0.1, 0.15) is 0 Å². The van der Waals surface area contributed by atoms with Crippen molar-refractivity contribution >= 4 is 26.8 Å². The van der Waals surface area contributed by atoms with E-state index in [0.29, 0.717) is 12.2 Å². The van der Waals surface area contributed by atoms with E-state index in [-0.39, 0.29) is 17.3 Å². The van der Waals surface area contributed by atoms with Crippen molar-refractivity contribution in [2.24, 2.45) is 4.99 Å². The highest BCUT2D eigenvalue weighted by Crippen LogP contribution is 2.36. The first-order chi connectivity index (χ1) is 8.57. The molecule has 3 aliphatic rings. The largest absolute Gasteiger partial charge is 0.359 e. The Morgan fingerprint density at radius 2 is 2.06 bits per heavy atom. The lowest BCUT2D eigenvalue weighted by Gasteiger charge is -2.32. The lowest BCUT2D eigenvalue weighted by atomic mass is 9.83. The molecule has 1 N–H and O–H groups in total. The van der Waals surface area contributed by atoms with Crippen molar-refractivity contribution in [3.63, 3.8) is 0 Å². The summed E-state index contributed by atoms with van der Waals surface area (Å²) in [5.74, 6) is 1.65. The van der Waals surface area contributed by atoms with Crippen LogP contribution in [0.5, 0.6) is 0 Å². The SMILES string of the molecule is O=S1(=O)CCC(N=C2NC3(CCCCC3)CS2)C1. The molecule has 2 heterocycles. The fourth-order valence-electron chi connectivity index (χ4n) is 3.12. The lowest BCUT2D eigenvalue weighted by molar-refractivity contribution is 0.303. The molecule has 0 radical (unpaired) electrons. The molecule has 1 spiro atoms. The summed E-state index contributed by atoms with van der Waals surface area (Å²) in [6, 6.07) is -0.0104. The van der Waals surface area contributed by atoms with Crippen molar-refractivity contribution in [2.45, 2.75) is 50.1 Å². The Labute approximate surface area is 113 Å². The van der Waals surface area contributed by atoms with Crippen LogP contribution in [0, 0.1) is 0 Å². The van der Waals surface area contributed by atoms with Gasteiger partial charge in [0.2, 0.25) is 0 Å². The van der Waals surface area contributed by atoms with E-state index >= 15 is 0 Å². The maximum absolute atomic E-state index is 11.4. The first-order valence-corrected chi connectivity index (χ1v) is 9.57. The van der Waals surface area contributed by atoms with Gasteiger partial charge in [-0.25, -0.2) is 8.42 Å². The summed E-state index contributed by atoms with van der Waals surface area (Å²) in [5, 5.41) is 4.56. The van der Waals surface area contributed by atoms with Crippen LogP contribution in [0.25, 0.3) is 0 Å². The summed E-state index contributed by atoms with van der Waals surface area (Å²) in [6.45, 7) is 0. The molecule has 6 heteroatoms. The van der Waals surface area contributed by atoms with Gasteiger partial charge in [0.15, 0.2) is 15.0 Å². The average molecular weight is 288 g/mol.